The molecule has 1 amide bonds. The van der Waals surface area contributed by atoms with Gasteiger partial charge in [-0.2, -0.15) is 0 Å². The summed E-state index contributed by atoms with van der Waals surface area (Å²) in [6.45, 7) is 2.56. The minimum Gasteiger partial charge on any atom is -0.452 e. The lowest BCUT2D eigenvalue weighted by atomic mass is 10.1. The maximum atomic E-state index is 13.0. The fourth-order valence-corrected chi connectivity index (χ4v) is 3.61. The van der Waals surface area contributed by atoms with Crippen molar-refractivity contribution in [1.29, 1.82) is 0 Å². The molecule has 0 aliphatic rings. The van der Waals surface area contributed by atoms with Gasteiger partial charge in [0.05, 0.1) is 6.42 Å². The summed E-state index contributed by atoms with van der Waals surface area (Å²) in [6.07, 6.45) is -0.646. The molecule has 1 aromatic heterocycles. The number of hydrogen-bond acceptors (Lipinski definition) is 4. The van der Waals surface area contributed by atoms with Gasteiger partial charge in [-0.15, -0.1) is 11.3 Å². The zero-order valence-electron chi connectivity index (χ0n) is 15.8. The first kappa shape index (κ1) is 19.8. The van der Waals surface area contributed by atoms with Crippen LogP contribution in [0.25, 0.3) is 0 Å². The predicted octanol–water partition coefficient (Wildman–Crippen LogP) is 4.45. The number of hydrogen-bond donors (Lipinski definition) is 0. The molecule has 5 heteroatoms. The van der Waals surface area contributed by atoms with Gasteiger partial charge in [0.15, 0.2) is 6.10 Å². The molecule has 0 saturated carbocycles. The van der Waals surface area contributed by atoms with E-state index in [4.69, 9.17) is 4.74 Å². The highest BCUT2D eigenvalue weighted by molar-refractivity contribution is 7.10. The van der Waals surface area contributed by atoms with E-state index in [-0.39, 0.29) is 18.3 Å². The minimum atomic E-state index is -0.833. The molecule has 0 spiro atoms. The highest BCUT2D eigenvalue weighted by Gasteiger charge is 2.24. The average Bonchev–Trinajstić information content (AvgIpc) is 3.21. The Morgan fingerprint density at radius 1 is 0.893 bits per heavy atom. The molecule has 0 N–H and O–H groups in total. The lowest BCUT2D eigenvalue weighted by Crippen LogP contribution is -2.39. The highest BCUT2D eigenvalue weighted by atomic mass is 32.1. The Kier molecular flexibility index (Phi) is 6.98. The van der Waals surface area contributed by atoms with E-state index in [1.54, 1.807) is 11.8 Å². The molecule has 0 radical (unpaired) electrons. The second kappa shape index (κ2) is 9.85. The molecule has 0 saturated heterocycles. The fourth-order valence-electron chi connectivity index (χ4n) is 2.92. The number of rotatable bonds is 8. The van der Waals surface area contributed by atoms with E-state index < -0.39 is 6.10 Å². The van der Waals surface area contributed by atoms with E-state index in [2.05, 4.69) is 0 Å². The molecule has 0 aliphatic carbocycles. The van der Waals surface area contributed by atoms with Crippen molar-refractivity contribution in [3.8, 4) is 0 Å². The second-order valence-corrected chi connectivity index (χ2v) is 7.59. The highest BCUT2D eigenvalue weighted by Crippen LogP contribution is 2.14. The van der Waals surface area contributed by atoms with Crippen molar-refractivity contribution in [3.05, 3.63) is 94.2 Å². The number of amides is 1. The molecule has 0 aliphatic heterocycles. The van der Waals surface area contributed by atoms with Crippen LogP contribution in [0.4, 0.5) is 0 Å². The summed E-state index contributed by atoms with van der Waals surface area (Å²) in [7, 11) is 0. The summed E-state index contributed by atoms with van der Waals surface area (Å²) in [6, 6.07) is 23.4. The largest absolute Gasteiger partial charge is 0.452 e. The van der Waals surface area contributed by atoms with Crippen molar-refractivity contribution in [2.75, 3.05) is 0 Å². The van der Waals surface area contributed by atoms with Crippen LogP contribution in [0.1, 0.15) is 22.9 Å². The topological polar surface area (TPSA) is 46.6 Å². The zero-order chi connectivity index (χ0) is 19.8. The standard InChI is InChI=1S/C23H23NO3S/c1-18(27-22(25)15-21-13-8-14-28-21)23(26)24(16-19-9-4-2-5-10-19)17-20-11-6-3-7-12-20/h2-14,18H,15-17H2,1H3. The van der Waals surface area contributed by atoms with Crippen molar-refractivity contribution in [3.63, 3.8) is 0 Å². The van der Waals surface area contributed by atoms with E-state index in [1.165, 1.54) is 11.3 Å². The van der Waals surface area contributed by atoms with Crippen LogP contribution in [0.2, 0.25) is 0 Å². The number of benzene rings is 2. The Labute approximate surface area is 169 Å². The van der Waals surface area contributed by atoms with Crippen LogP contribution < -0.4 is 0 Å². The van der Waals surface area contributed by atoms with Gasteiger partial charge in [-0.05, 0) is 29.5 Å². The molecule has 1 heterocycles. The van der Waals surface area contributed by atoms with Gasteiger partial charge in [-0.25, -0.2) is 0 Å². The Balaban J connectivity index is 1.68. The molecular formula is C23H23NO3S. The van der Waals surface area contributed by atoms with Crippen LogP contribution >= 0.6 is 11.3 Å². The Morgan fingerprint density at radius 3 is 1.96 bits per heavy atom. The lowest BCUT2D eigenvalue weighted by Gasteiger charge is -2.26. The summed E-state index contributed by atoms with van der Waals surface area (Å²) >= 11 is 1.50. The molecule has 144 valence electrons. The number of nitrogens with zero attached hydrogens (tertiary/aromatic N) is 1. The summed E-state index contributed by atoms with van der Waals surface area (Å²) in [5.74, 6) is -0.588. The van der Waals surface area contributed by atoms with Gasteiger partial charge in [0.25, 0.3) is 5.91 Å². The first-order chi connectivity index (χ1) is 13.6. The molecule has 0 fully saturated rings. The van der Waals surface area contributed by atoms with Gasteiger partial charge >= 0.3 is 5.97 Å². The van der Waals surface area contributed by atoms with Crippen molar-refractivity contribution in [2.45, 2.75) is 32.5 Å². The number of ether oxygens (including phenoxy) is 1. The minimum absolute atomic E-state index is 0.187. The normalized spacial score (nSPS) is 11.6. The third-order valence-corrected chi connectivity index (χ3v) is 5.18. The number of carbonyl (C=O) groups is 2. The second-order valence-electron chi connectivity index (χ2n) is 6.55. The third kappa shape index (κ3) is 5.79. The van der Waals surface area contributed by atoms with Crippen LogP contribution in [0.5, 0.6) is 0 Å². The monoisotopic (exact) mass is 393 g/mol. The molecule has 4 nitrogen and oxygen atoms in total. The van der Waals surface area contributed by atoms with Crippen LogP contribution in [0.3, 0.4) is 0 Å². The van der Waals surface area contributed by atoms with Gasteiger partial charge in [0.1, 0.15) is 0 Å². The quantitative estimate of drug-likeness (QED) is 0.531. The molecule has 28 heavy (non-hydrogen) atoms. The molecule has 0 bridgehead atoms. The average molecular weight is 394 g/mol. The SMILES string of the molecule is CC(OC(=O)Cc1cccs1)C(=O)N(Cc1ccccc1)Cc1ccccc1. The van der Waals surface area contributed by atoms with Gasteiger partial charge in [0.2, 0.25) is 0 Å². The molecular weight excluding hydrogens is 370 g/mol. The summed E-state index contributed by atoms with van der Waals surface area (Å²) in [4.78, 5) is 27.9. The van der Waals surface area contributed by atoms with E-state index in [1.807, 2.05) is 78.2 Å². The van der Waals surface area contributed by atoms with Gasteiger partial charge in [-0.1, -0.05) is 66.7 Å². The Morgan fingerprint density at radius 2 is 1.46 bits per heavy atom. The van der Waals surface area contributed by atoms with Crippen molar-refractivity contribution in [2.24, 2.45) is 0 Å². The maximum absolute atomic E-state index is 13.0. The molecule has 3 aromatic rings. The van der Waals surface area contributed by atoms with Crippen LogP contribution in [0.15, 0.2) is 78.2 Å². The molecule has 1 unspecified atom stereocenters. The van der Waals surface area contributed by atoms with E-state index in [0.717, 1.165) is 16.0 Å². The van der Waals surface area contributed by atoms with Crippen molar-refractivity contribution in [1.82, 2.24) is 4.90 Å². The van der Waals surface area contributed by atoms with Gasteiger partial charge in [0, 0.05) is 18.0 Å². The van der Waals surface area contributed by atoms with Crippen LogP contribution in [-0.2, 0) is 33.8 Å². The summed E-state index contributed by atoms with van der Waals surface area (Å²) in [5, 5.41) is 1.92. The maximum Gasteiger partial charge on any atom is 0.311 e. The van der Waals surface area contributed by atoms with Gasteiger partial charge in [-0.3, -0.25) is 9.59 Å². The fraction of sp³-hybridized carbons (Fsp3) is 0.217. The number of esters is 1. The molecule has 3 rings (SSSR count). The summed E-state index contributed by atoms with van der Waals surface area (Å²) < 4.78 is 5.42. The van der Waals surface area contributed by atoms with Crippen molar-refractivity contribution >= 4 is 23.2 Å². The van der Waals surface area contributed by atoms with E-state index >= 15 is 0 Å². The first-order valence-electron chi connectivity index (χ1n) is 9.20. The zero-order valence-corrected chi connectivity index (χ0v) is 16.6. The van der Waals surface area contributed by atoms with E-state index in [9.17, 15) is 9.59 Å². The third-order valence-electron chi connectivity index (χ3n) is 4.30. The molecule has 1 atom stereocenters. The summed E-state index contributed by atoms with van der Waals surface area (Å²) in [5.41, 5.74) is 2.06. The first-order valence-corrected chi connectivity index (χ1v) is 10.1. The lowest BCUT2D eigenvalue weighted by molar-refractivity contribution is -0.159. The number of thiophene rings is 1. The smallest absolute Gasteiger partial charge is 0.311 e. The Bertz CT molecular complexity index is 837. The van der Waals surface area contributed by atoms with Crippen LogP contribution in [0, 0.1) is 0 Å². The van der Waals surface area contributed by atoms with Gasteiger partial charge < -0.3 is 9.64 Å². The number of carbonyl (C=O) groups excluding carboxylic acids is 2. The van der Waals surface area contributed by atoms with E-state index in [0.29, 0.717) is 13.1 Å². The predicted molar refractivity (Wildman–Crippen MR) is 111 cm³/mol. The van der Waals surface area contributed by atoms with Crippen LogP contribution in [-0.4, -0.2) is 22.9 Å². The molecule has 2 aromatic carbocycles. The Hall–Kier alpha value is -2.92. The van der Waals surface area contributed by atoms with Crippen molar-refractivity contribution < 1.29 is 14.3 Å².